The zero-order valence-electron chi connectivity index (χ0n) is 18.7. The molecule has 7 nitrogen and oxygen atoms in total. The second-order valence-electron chi connectivity index (χ2n) is 8.42. The minimum atomic E-state index is 0.0921. The molecule has 1 aliphatic rings. The molecule has 0 atom stereocenters. The van der Waals surface area contributed by atoms with Crippen LogP contribution in [0.2, 0.25) is 0 Å². The van der Waals surface area contributed by atoms with Gasteiger partial charge in [0.1, 0.15) is 5.69 Å². The summed E-state index contributed by atoms with van der Waals surface area (Å²) in [4.78, 5) is 28.9. The van der Waals surface area contributed by atoms with Crippen LogP contribution in [0.1, 0.15) is 46.1 Å². The summed E-state index contributed by atoms with van der Waals surface area (Å²) in [5, 5.41) is 4.04. The Hall–Kier alpha value is -3.87. The van der Waals surface area contributed by atoms with E-state index >= 15 is 0 Å². The molecule has 0 bridgehead atoms. The van der Waals surface area contributed by atoms with Gasteiger partial charge >= 0.3 is 0 Å². The first kappa shape index (κ1) is 21.0. The van der Waals surface area contributed by atoms with E-state index in [0.717, 1.165) is 46.6 Å². The van der Waals surface area contributed by atoms with Crippen LogP contribution in [-0.4, -0.2) is 44.0 Å². The molecule has 4 aromatic rings. The summed E-state index contributed by atoms with van der Waals surface area (Å²) in [6.45, 7) is 5.22. The zero-order valence-corrected chi connectivity index (χ0v) is 18.7. The van der Waals surface area contributed by atoms with Crippen molar-refractivity contribution in [2.75, 3.05) is 13.1 Å². The first-order chi connectivity index (χ1) is 16.1. The average Bonchev–Trinajstić information content (AvgIpc) is 3.30. The lowest BCUT2D eigenvalue weighted by molar-refractivity contribution is 0.0711. The predicted octanol–water partition coefficient (Wildman–Crippen LogP) is 4.83. The Bertz CT molecular complexity index is 1280. The summed E-state index contributed by atoms with van der Waals surface area (Å²) in [6.07, 6.45) is 5.17. The Morgan fingerprint density at radius 1 is 1.03 bits per heavy atom. The second kappa shape index (κ2) is 8.94. The molecule has 0 spiro atoms. The summed E-state index contributed by atoms with van der Waals surface area (Å²) in [5.74, 6) is 1.52. The van der Waals surface area contributed by atoms with Crippen molar-refractivity contribution in [1.82, 2.24) is 25.0 Å². The molecule has 1 saturated heterocycles. The fourth-order valence-electron chi connectivity index (χ4n) is 4.34. The number of aryl methyl sites for hydroxylation is 2. The van der Waals surface area contributed by atoms with E-state index in [1.54, 1.807) is 12.4 Å². The van der Waals surface area contributed by atoms with Crippen LogP contribution < -0.4 is 0 Å². The molecule has 1 amide bonds. The van der Waals surface area contributed by atoms with Gasteiger partial charge in [-0.1, -0.05) is 29.4 Å². The molecule has 4 heterocycles. The standard InChI is InChI=1S/C26H25N5O2/c1-17-7-3-4-8-20(17)26(32)31-13-10-19(11-14-31)24-21(23-15-18(2)30-33-23)16-28-25(29-24)22-9-5-6-12-27-22/h3-9,12,15-16,19H,10-11,13-14H2,1-2H3. The van der Waals surface area contributed by atoms with Crippen LogP contribution in [0.25, 0.3) is 22.8 Å². The summed E-state index contributed by atoms with van der Waals surface area (Å²) >= 11 is 0. The molecule has 166 valence electrons. The van der Waals surface area contributed by atoms with Gasteiger partial charge in [0.25, 0.3) is 5.91 Å². The van der Waals surface area contributed by atoms with E-state index in [4.69, 9.17) is 9.51 Å². The van der Waals surface area contributed by atoms with Crippen molar-refractivity contribution in [2.45, 2.75) is 32.6 Å². The monoisotopic (exact) mass is 439 g/mol. The predicted molar refractivity (Wildman–Crippen MR) is 125 cm³/mol. The molecule has 1 fully saturated rings. The number of benzene rings is 1. The topological polar surface area (TPSA) is 85.0 Å². The maximum atomic E-state index is 13.1. The Balaban J connectivity index is 1.43. The van der Waals surface area contributed by atoms with Gasteiger partial charge in [-0.25, -0.2) is 9.97 Å². The molecule has 0 aliphatic carbocycles. The van der Waals surface area contributed by atoms with Gasteiger partial charge in [0, 0.05) is 43.0 Å². The summed E-state index contributed by atoms with van der Waals surface area (Å²) < 4.78 is 5.55. The van der Waals surface area contributed by atoms with Gasteiger partial charge < -0.3 is 9.42 Å². The smallest absolute Gasteiger partial charge is 0.254 e. The highest BCUT2D eigenvalue weighted by Crippen LogP contribution is 2.35. The summed E-state index contributed by atoms with van der Waals surface area (Å²) in [6, 6.07) is 15.4. The number of carbonyl (C=O) groups excluding carboxylic acids is 1. The molecule has 7 heteroatoms. The summed E-state index contributed by atoms with van der Waals surface area (Å²) in [5.41, 5.74) is 5.08. The van der Waals surface area contributed by atoms with Crippen LogP contribution in [-0.2, 0) is 0 Å². The number of amides is 1. The first-order valence-corrected chi connectivity index (χ1v) is 11.2. The number of aromatic nitrogens is 4. The molecule has 5 rings (SSSR count). The van der Waals surface area contributed by atoms with Gasteiger partial charge in [0.15, 0.2) is 11.6 Å². The van der Waals surface area contributed by atoms with Crippen molar-refractivity contribution in [3.8, 4) is 22.8 Å². The van der Waals surface area contributed by atoms with Gasteiger partial charge in [0.2, 0.25) is 0 Å². The van der Waals surface area contributed by atoms with Gasteiger partial charge in [-0.2, -0.15) is 0 Å². The van der Waals surface area contributed by atoms with Crippen molar-refractivity contribution in [3.63, 3.8) is 0 Å². The first-order valence-electron chi connectivity index (χ1n) is 11.2. The molecule has 33 heavy (non-hydrogen) atoms. The lowest BCUT2D eigenvalue weighted by atomic mass is 9.89. The highest BCUT2D eigenvalue weighted by molar-refractivity contribution is 5.95. The minimum Gasteiger partial charge on any atom is -0.356 e. The van der Waals surface area contributed by atoms with Crippen LogP contribution in [0.5, 0.6) is 0 Å². The van der Waals surface area contributed by atoms with Crippen LogP contribution >= 0.6 is 0 Å². The number of hydrogen-bond acceptors (Lipinski definition) is 6. The van der Waals surface area contributed by atoms with Crippen LogP contribution in [0, 0.1) is 13.8 Å². The highest BCUT2D eigenvalue weighted by atomic mass is 16.5. The molecule has 1 aliphatic heterocycles. The van der Waals surface area contributed by atoms with Crippen molar-refractivity contribution < 1.29 is 9.32 Å². The third-order valence-electron chi connectivity index (χ3n) is 6.15. The van der Waals surface area contributed by atoms with E-state index < -0.39 is 0 Å². The van der Waals surface area contributed by atoms with E-state index in [2.05, 4.69) is 15.1 Å². The maximum absolute atomic E-state index is 13.1. The third kappa shape index (κ3) is 4.26. The quantitative estimate of drug-likeness (QED) is 0.453. The fraction of sp³-hybridized carbons (Fsp3) is 0.269. The van der Waals surface area contributed by atoms with Crippen LogP contribution in [0.15, 0.2) is 65.4 Å². The van der Waals surface area contributed by atoms with E-state index in [-0.39, 0.29) is 11.8 Å². The van der Waals surface area contributed by atoms with Crippen molar-refractivity contribution in [2.24, 2.45) is 0 Å². The van der Waals surface area contributed by atoms with Gasteiger partial charge in [-0.3, -0.25) is 9.78 Å². The molecule has 0 N–H and O–H groups in total. The number of likely N-dealkylation sites (tertiary alicyclic amines) is 1. The van der Waals surface area contributed by atoms with Gasteiger partial charge in [-0.15, -0.1) is 0 Å². The Kier molecular flexibility index (Phi) is 5.69. The number of nitrogens with zero attached hydrogens (tertiary/aromatic N) is 5. The summed E-state index contributed by atoms with van der Waals surface area (Å²) in [7, 11) is 0. The Labute approximate surface area is 192 Å². The maximum Gasteiger partial charge on any atom is 0.254 e. The van der Waals surface area contributed by atoms with E-state index in [9.17, 15) is 4.79 Å². The number of piperidine rings is 1. The SMILES string of the molecule is Cc1cc(-c2cnc(-c3ccccn3)nc2C2CCN(C(=O)c3ccccc3C)CC2)on1. The Morgan fingerprint density at radius 2 is 1.82 bits per heavy atom. The number of hydrogen-bond donors (Lipinski definition) is 0. The van der Waals surface area contributed by atoms with E-state index in [0.29, 0.717) is 24.7 Å². The molecule has 0 radical (unpaired) electrons. The van der Waals surface area contributed by atoms with Crippen LogP contribution in [0.3, 0.4) is 0 Å². The fourth-order valence-corrected chi connectivity index (χ4v) is 4.34. The molecule has 3 aromatic heterocycles. The minimum absolute atomic E-state index is 0.0921. The van der Waals surface area contributed by atoms with Gasteiger partial charge in [0.05, 0.1) is 17.0 Å². The second-order valence-corrected chi connectivity index (χ2v) is 8.42. The molecular weight excluding hydrogens is 414 g/mol. The normalized spacial score (nSPS) is 14.4. The number of rotatable bonds is 4. The van der Waals surface area contributed by atoms with Crippen molar-refractivity contribution in [3.05, 3.63) is 83.4 Å². The number of carbonyl (C=O) groups is 1. The van der Waals surface area contributed by atoms with Crippen LogP contribution in [0.4, 0.5) is 0 Å². The molecular formula is C26H25N5O2. The van der Waals surface area contributed by atoms with E-state index in [1.165, 1.54) is 0 Å². The molecule has 0 unspecified atom stereocenters. The largest absolute Gasteiger partial charge is 0.356 e. The van der Waals surface area contributed by atoms with Gasteiger partial charge in [-0.05, 0) is 50.5 Å². The third-order valence-corrected chi connectivity index (χ3v) is 6.15. The molecule has 1 aromatic carbocycles. The lowest BCUT2D eigenvalue weighted by Crippen LogP contribution is -2.38. The van der Waals surface area contributed by atoms with Crippen molar-refractivity contribution in [1.29, 1.82) is 0 Å². The van der Waals surface area contributed by atoms with Crippen molar-refractivity contribution >= 4 is 5.91 Å². The molecule has 0 saturated carbocycles. The average molecular weight is 440 g/mol. The number of pyridine rings is 1. The lowest BCUT2D eigenvalue weighted by Gasteiger charge is -2.32. The zero-order chi connectivity index (χ0) is 22.8. The Morgan fingerprint density at radius 3 is 2.52 bits per heavy atom. The van der Waals surface area contributed by atoms with E-state index in [1.807, 2.05) is 67.3 Å². The highest BCUT2D eigenvalue weighted by Gasteiger charge is 2.29.